The zero-order valence-corrected chi connectivity index (χ0v) is 10.3. The number of esters is 1. The Balaban J connectivity index is 2.35. The Morgan fingerprint density at radius 3 is 3.00 bits per heavy atom. The lowest BCUT2D eigenvalue weighted by Gasteiger charge is -2.11. The molecule has 2 rings (SSSR count). The number of aldehydes is 1. The summed E-state index contributed by atoms with van der Waals surface area (Å²) in [5.74, 6) is -0.440. The van der Waals surface area contributed by atoms with Gasteiger partial charge >= 0.3 is 5.97 Å². The normalized spacial score (nSPS) is 17.6. The number of rotatable bonds is 3. The fourth-order valence-electron chi connectivity index (χ4n) is 2.23. The van der Waals surface area contributed by atoms with E-state index in [9.17, 15) is 9.59 Å². The topological polar surface area (TPSA) is 43.4 Å². The first-order chi connectivity index (χ1) is 8.17. The van der Waals surface area contributed by atoms with Crippen LogP contribution in [0.4, 0.5) is 0 Å². The first-order valence-corrected chi connectivity index (χ1v) is 5.99. The molecule has 3 nitrogen and oxygen atoms in total. The number of hydrogen-bond donors (Lipinski definition) is 0. The predicted molar refractivity (Wildman–Crippen MR) is 64.5 cm³/mol. The molecule has 1 unspecified atom stereocenters. The molecule has 4 heteroatoms. The van der Waals surface area contributed by atoms with E-state index in [0.717, 1.165) is 30.3 Å². The van der Waals surface area contributed by atoms with Gasteiger partial charge in [-0.05, 0) is 43.0 Å². The van der Waals surface area contributed by atoms with Crippen LogP contribution in [0.3, 0.4) is 0 Å². The van der Waals surface area contributed by atoms with Gasteiger partial charge in [0.05, 0.1) is 17.5 Å². The Hall–Kier alpha value is -1.35. The third-order valence-electron chi connectivity index (χ3n) is 3.03. The molecule has 0 N–H and O–H groups in total. The van der Waals surface area contributed by atoms with Crippen LogP contribution < -0.4 is 0 Å². The monoisotopic (exact) mass is 252 g/mol. The van der Waals surface area contributed by atoms with Crippen LogP contribution in [0.15, 0.2) is 12.1 Å². The van der Waals surface area contributed by atoms with E-state index in [0.29, 0.717) is 17.2 Å². The first kappa shape index (κ1) is 12.1. The number of hydrogen-bond acceptors (Lipinski definition) is 3. The molecule has 0 bridgehead atoms. The first-order valence-electron chi connectivity index (χ1n) is 5.61. The highest BCUT2D eigenvalue weighted by Gasteiger charge is 2.30. The minimum absolute atomic E-state index is 0.207. The highest BCUT2D eigenvalue weighted by atomic mass is 35.5. The van der Waals surface area contributed by atoms with Crippen molar-refractivity contribution < 1.29 is 14.3 Å². The third-order valence-corrected chi connectivity index (χ3v) is 3.36. The van der Waals surface area contributed by atoms with Gasteiger partial charge in [-0.2, -0.15) is 0 Å². The van der Waals surface area contributed by atoms with Crippen molar-refractivity contribution in [1.82, 2.24) is 0 Å². The lowest BCUT2D eigenvalue weighted by Crippen LogP contribution is -2.13. The van der Waals surface area contributed by atoms with E-state index < -0.39 is 0 Å². The minimum atomic E-state index is -0.233. The van der Waals surface area contributed by atoms with E-state index >= 15 is 0 Å². The second-order valence-electron chi connectivity index (χ2n) is 4.03. The van der Waals surface area contributed by atoms with E-state index in [-0.39, 0.29) is 11.9 Å². The molecule has 0 aromatic heterocycles. The number of fused-ring (bicyclic) bond motifs is 1. The van der Waals surface area contributed by atoms with Gasteiger partial charge in [-0.15, -0.1) is 0 Å². The number of halogens is 1. The van der Waals surface area contributed by atoms with Gasteiger partial charge in [0.15, 0.2) is 6.29 Å². The highest BCUT2D eigenvalue weighted by Crippen LogP contribution is 2.36. The van der Waals surface area contributed by atoms with Crippen LogP contribution in [-0.2, 0) is 16.0 Å². The average molecular weight is 253 g/mol. The fraction of sp³-hybridized carbons (Fsp3) is 0.385. The Labute approximate surface area is 105 Å². The Morgan fingerprint density at radius 1 is 1.59 bits per heavy atom. The maximum absolute atomic E-state index is 11.7. The van der Waals surface area contributed by atoms with Gasteiger partial charge in [0.2, 0.25) is 0 Å². The summed E-state index contributed by atoms with van der Waals surface area (Å²) < 4.78 is 5.03. The number of benzene rings is 1. The molecule has 1 aromatic carbocycles. The summed E-state index contributed by atoms with van der Waals surface area (Å²) in [5, 5.41) is 0.398. The van der Waals surface area contributed by atoms with Crippen LogP contribution >= 0.6 is 11.6 Å². The van der Waals surface area contributed by atoms with Crippen LogP contribution in [0.1, 0.15) is 40.7 Å². The molecule has 1 aliphatic carbocycles. The molecule has 1 atom stereocenters. The molecule has 0 saturated carbocycles. The summed E-state index contributed by atoms with van der Waals surface area (Å²) in [5.41, 5.74) is 2.41. The maximum atomic E-state index is 11.7. The molecule has 0 spiro atoms. The molecule has 0 amide bonds. The van der Waals surface area contributed by atoms with Crippen molar-refractivity contribution in [2.75, 3.05) is 6.61 Å². The van der Waals surface area contributed by atoms with Crippen molar-refractivity contribution in [2.45, 2.75) is 25.7 Å². The summed E-state index contributed by atoms with van der Waals surface area (Å²) in [7, 11) is 0. The van der Waals surface area contributed by atoms with Gasteiger partial charge < -0.3 is 4.74 Å². The Bertz CT molecular complexity index is 468. The Kier molecular flexibility index (Phi) is 3.48. The molecule has 90 valence electrons. The van der Waals surface area contributed by atoms with Gasteiger partial charge in [0.25, 0.3) is 0 Å². The maximum Gasteiger partial charge on any atom is 0.313 e. The average Bonchev–Trinajstić information content (AvgIpc) is 2.71. The summed E-state index contributed by atoms with van der Waals surface area (Å²) in [4.78, 5) is 22.5. The quantitative estimate of drug-likeness (QED) is 0.614. The van der Waals surface area contributed by atoms with Crippen LogP contribution in [0.2, 0.25) is 5.02 Å². The second-order valence-corrected chi connectivity index (χ2v) is 4.44. The molecule has 1 aromatic rings. The van der Waals surface area contributed by atoms with Crippen molar-refractivity contribution in [1.29, 1.82) is 0 Å². The number of carbonyl (C=O) groups excluding carboxylic acids is 2. The molecule has 0 saturated heterocycles. The summed E-state index contributed by atoms with van der Waals surface area (Å²) in [6.45, 7) is 2.17. The largest absolute Gasteiger partial charge is 0.466 e. The van der Waals surface area contributed by atoms with Crippen molar-refractivity contribution in [3.63, 3.8) is 0 Å². The molecule has 1 aliphatic rings. The fourth-order valence-corrected chi connectivity index (χ4v) is 2.44. The zero-order chi connectivity index (χ0) is 12.4. The summed E-state index contributed by atoms with van der Waals surface area (Å²) in [6.07, 6.45) is 2.25. The van der Waals surface area contributed by atoms with Gasteiger partial charge in [-0.3, -0.25) is 9.59 Å². The standard InChI is InChI=1S/C13H13ClO3/c1-2-17-13(16)10-4-3-8-5-9(7-15)12(14)6-11(8)10/h5-7,10H,2-4H2,1H3. The zero-order valence-electron chi connectivity index (χ0n) is 9.53. The van der Waals surface area contributed by atoms with Crippen LogP contribution in [0, 0.1) is 0 Å². The predicted octanol–water partition coefficient (Wildman–Crippen LogP) is 2.75. The third kappa shape index (κ3) is 2.20. The molecule has 0 heterocycles. The SMILES string of the molecule is CCOC(=O)C1CCc2cc(C=O)c(Cl)cc21. The molecular formula is C13H13ClO3. The van der Waals surface area contributed by atoms with Gasteiger partial charge in [0, 0.05) is 5.56 Å². The van der Waals surface area contributed by atoms with E-state index in [2.05, 4.69) is 0 Å². The summed E-state index contributed by atoms with van der Waals surface area (Å²) in [6, 6.07) is 3.49. The van der Waals surface area contributed by atoms with E-state index in [1.807, 2.05) is 0 Å². The Morgan fingerprint density at radius 2 is 2.35 bits per heavy atom. The second kappa shape index (κ2) is 4.88. The van der Waals surface area contributed by atoms with Gasteiger partial charge in [-0.1, -0.05) is 11.6 Å². The highest BCUT2D eigenvalue weighted by molar-refractivity contribution is 6.33. The molecule has 0 aliphatic heterocycles. The number of aryl methyl sites for hydroxylation is 1. The van der Waals surface area contributed by atoms with E-state index in [1.165, 1.54) is 0 Å². The lowest BCUT2D eigenvalue weighted by atomic mass is 10.00. The minimum Gasteiger partial charge on any atom is -0.466 e. The van der Waals surface area contributed by atoms with Crippen molar-refractivity contribution >= 4 is 23.9 Å². The van der Waals surface area contributed by atoms with Crippen LogP contribution in [0.25, 0.3) is 0 Å². The lowest BCUT2D eigenvalue weighted by molar-refractivity contribution is -0.144. The number of ether oxygens (including phenoxy) is 1. The van der Waals surface area contributed by atoms with Crippen LogP contribution in [-0.4, -0.2) is 18.9 Å². The van der Waals surface area contributed by atoms with Gasteiger partial charge in [0.1, 0.15) is 0 Å². The smallest absolute Gasteiger partial charge is 0.313 e. The van der Waals surface area contributed by atoms with Crippen molar-refractivity contribution in [2.24, 2.45) is 0 Å². The van der Waals surface area contributed by atoms with Gasteiger partial charge in [-0.25, -0.2) is 0 Å². The van der Waals surface area contributed by atoms with E-state index in [1.54, 1.807) is 19.1 Å². The van der Waals surface area contributed by atoms with Crippen molar-refractivity contribution in [3.8, 4) is 0 Å². The molecule has 0 radical (unpaired) electrons. The molecule has 0 fully saturated rings. The number of carbonyl (C=O) groups is 2. The molecule has 17 heavy (non-hydrogen) atoms. The summed E-state index contributed by atoms with van der Waals surface area (Å²) >= 11 is 5.97. The van der Waals surface area contributed by atoms with Crippen LogP contribution in [0.5, 0.6) is 0 Å². The van der Waals surface area contributed by atoms with E-state index in [4.69, 9.17) is 16.3 Å². The molecular weight excluding hydrogens is 240 g/mol. The van der Waals surface area contributed by atoms with Crippen molar-refractivity contribution in [3.05, 3.63) is 33.8 Å².